The zero-order valence-electron chi connectivity index (χ0n) is 8.61. The van der Waals surface area contributed by atoms with Crippen LogP contribution >= 0.6 is 11.3 Å². The lowest BCUT2D eigenvalue weighted by Crippen LogP contribution is -2.22. The fourth-order valence-corrected chi connectivity index (χ4v) is 2.50. The predicted molar refractivity (Wildman–Crippen MR) is 58.0 cm³/mol. The van der Waals surface area contributed by atoms with Gasteiger partial charge in [-0.15, -0.1) is 11.3 Å². The molecule has 0 aliphatic carbocycles. The van der Waals surface area contributed by atoms with Crippen LogP contribution in [-0.4, -0.2) is 17.5 Å². The van der Waals surface area contributed by atoms with Gasteiger partial charge in [-0.25, -0.2) is 0 Å². The van der Waals surface area contributed by atoms with Gasteiger partial charge in [-0.3, -0.25) is 9.59 Å². The summed E-state index contributed by atoms with van der Waals surface area (Å²) in [5.74, 6) is -0.919. The maximum atomic E-state index is 10.6. The lowest BCUT2D eigenvalue weighted by molar-refractivity contribution is -0.137. The smallest absolute Gasteiger partial charge is 0.305 e. The number of hydrogen-bond donors (Lipinski definition) is 2. The largest absolute Gasteiger partial charge is 0.481 e. The molecular weight excluding hydrogens is 214 g/mol. The first-order chi connectivity index (χ1) is 7.04. The molecule has 1 aromatic heterocycles. The van der Waals surface area contributed by atoms with Crippen molar-refractivity contribution < 1.29 is 14.7 Å². The lowest BCUT2D eigenvalue weighted by Gasteiger charge is -2.13. The van der Waals surface area contributed by atoms with Crippen LogP contribution in [0.3, 0.4) is 0 Å². The summed E-state index contributed by atoms with van der Waals surface area (Å²) >= 11 is 1.60. The molecule has 0 saturated heterocycles. The average Bonchev–Trinajstić information content (AvgIpc) is 2.44. The van der Waals surface area contributed by atoms with Crippen LogP contribution < -0.4 is 5.32 Å². The van der Waals surface area contributed by atoms with Gasteiger partial charge in [0.1, 0.15) is 0 Å². The summed E-state index contributed by atoms with van der Waals surface area (Å²) in [6.07, 6.45) is 0.454. The maximum absolute atomic E-state index is 10.6. The molecular formula is C10H13NO3S. The number of thiophene rings is 1. The first-order valence-electron chi connectivity index (χ1n) is 4.53. The van der Waals surface area contributed by atoms with Crippen LogP contribution in [0.4, 0.5) is 0 Å². The van der Waals surface area contributed by atoms with Crippen molar-refractivity contribution in [3.63, 3.8) is 0 Å². The molecule has 0 spiro atoms. The molecule has 1 atom stereocenters. The fraction of sp³-hybridized carbons (Fsp3) is 0.400. The molecule has 5 heteroatoms. The number of carboxylic acid groups (broad SMARTS) is 1. The number of amides is 1. The van der Waals surface area contributed by atoms with Gasteiger partial charge in [0.2, 0.25) is 6.41 Å². The minimum atomic E-state index is -0.919. The van der Waals surface area contributed by atoms with Gasteiger partial charge in [0.05, 0.1) is 12.5 Å². The quantitative estimate of drug-likeness (QED) is 0.751. The summed E-state index contributed by atoms with van der Waals surface area (Å²) in [4.78, 5) is 23.2. The molecule has 1 aromatic rings. The molecule has 1 rings (SSSR count). The van der Waals surface area contributed by atoms with E-state index in [2.05, 4.69) is 5.32 Å². The van der Waals surface area contributed by atoms with Crippen LogP contribution in [0.1, 0.15) is 27.8 Å². The van der Waals surface area contributed by atoms with Crippen molar-refractivity contribution in [3.8, 4) is 0 Å². The number of aliphatic carboxylic acids is 1. The number of aryl methyl sites for hydroxylation is 2. The van der Waals surface area contributed by atoms with Crippen molar-refractivity contribution in [2.24, 2.45) is 0 Å². The minimum Gasteiger partial charge on any atom is -0.481 e. The van der Waals surface area contributed by atoms with Crippen molar-refractivity contribution >= 4 is 23.7 Å². The molecule has 2 N–H and O–H groups in total. The van der Waals surface area contributed by atoms with Crippen molar-refractivity contribution in [3.05, 3.63) is 21.4 Å². The van der Waals surface area contributed by atoms with Gasteiger partial charge in [0, 0.05) is 9.75 Å². The Balaban J connectivity index is 2.92. The van der Waals surface area contributed by atoms with Gasteiger partial charge in [-0.1, -0.05) is 0 Å². The maximum Gasteiger partial charge on any atom is 0.305 e. The summed E-state index contributed by atoms with van der Waals surface area (Å²) in [5, 5.41) is 11.2. The molecule has 0 aliphatic rings. The lowest BCUT2D eigenvalue weighted by atomic mass is 10.0. The topological polar surface area (TPSA) is 66.4 Å². The highest BCUT2D eigenvalue weighted by atomic mass is 32.1. The van der Waals surface area contributed by atoms with E-state index < -0.39 is 12.0 Å². The summed E-state index contributed by atoms with van der Waals surface area (Å²) in [5.41, 5.74) is 0.895. The van der Waals surface area contributed by atoms with E-state index in [-0.39, 0.29) is 6.42 Å². The molecule has 82 valence electrons. The number of rotatable bonds is 5. The van der Waals surface area contributed by atoms with E-state index in [1.54, 1.807) is 11.3 Å². The standard InChI is InChI=1S/C10H13NO3S/c1-6-3-8(7(2)15-6)9(11-5-12)4-10(13)14/h3,5,9H,4H2,1-2H3,(H,11,12)(H,13,14)/t9-/m1/s1. The number of carbonyl (C=O) groups excluding carboxylic acids is 1. The molecule has 0 unspecified atom stereocenters. The van der Waals surface area contributed by atoms with Crippen molar-refractivity contribution in [1.29, 1.82) is 0 Å². The highest BCUT2D eigenvalue weighted by molar-refractivity contribution is 7.12. The highest BCUT2D eigenvalue weighted by Crippen LogP contribution is 2.27. The number of carboxylic acids is 1. The van der Waals surface area contributed by atoms with Crippen molar-refractivity contribution in [2.75, 3.05) is 0 Å². The molecule has 0 radical (unpaired) electrons. The Morgan fingerprint density at radius 1 is 1.67 bits per heavy atom. The Kier molecular flexibility index (Phi) is 3.85. The van der Waals surface area contributed by atoms with E-state index in [0.29, 0.717) is 6.41 Å². The van der Waals surface area contributed by atoms with Gasteiger partial charge in [-0.2, -0.15) is 0 Å². The summed E-state index contributed by atoms with van der Waals surface area (Å²) < 4.78 is 0. The van der Waals surface area contributed by atoms with Gasteiger partial charge >= 0.3 is 5.97 Å². The predicted octanol–water partition coefficient (Wildman–Crippen LogP) is 1.63. The summed E-state index contributed by atoms with van der Waals surface area (Å²) in [6, 6.07) is 1.49. The van der Waals surface area contributed by atoms with E-state index in [9.17, 15) is 9.59 Å². The second-order valence-electron chi connectivity index (χ2n) is 3.30. The Labute approximate surface area is 91.9 Å². The van der Waals surface area contributed by atoms with Crippen LogP contribution in [-0.2, 0) is 9.59 Å². The van der Waals surface area contributed by atoms with Gasteiger partial charge in [-0.05, 0) is 25.5 Å². The second-order valence-corrected chi connectivity index (χ2v) is 4.76. The molecule has 0 aliphatic heterocycles. The normalized spacial score (nSPS) is 12.1. The molecule has 0 saturated carbocycles. The zero-order valence-corrected chi connectivity index (χ0v) is 9.43. The second kappa shape index (κ2) is 4.93. The third kappa shape index (κ3) is 3.06. The van der Waals surface area contributed by atoms with Crippen LogP contribution in [0.15, 0.2) is 6.07 Å². The molecule has 1 heterocycles. The van der Waals surface area contributed by atoms with E-state index in [0.717, 1.165) is 15.3 Å². The van der Waals surface area contributed by atoms with Crippen LogP contribution in [0.25, 0.3) is 0 Å². The van der Waals surface area contributed by atoms with Crippen molar-refractivity contribution in [2.45, 2.75) is 26.3 Å². The third-order valence-corrected chi connectivity index (χ3v) is 3.08. The van der Waals surface area contributed by atoms with E-state index in [4.69, 9.17) is 5.11 Å². The van der Waals surface area contributed by atoms with Crippen molar-refractivity contribution in [1.82, 2.24) is 5.32 Å². The summed E-state index contributed by atoms with van der Waals surface area (Å²) in [7, 11) is 0. The van der Waals surface area contributed by atoms with Gasteiger partial charge in [0.15, 0.2) is 0 Å². The molecule has 1 amide bonds. The SMILES string of the molecule is Cc1cc([C@@H](CC(=O)O)NC=O)c(C)s1. The Bertz CT molecular complexity index is 373. The number of nitrogens with one attached hydrogen (secondary N) is 1. The zero-order chi connectivity index (χ0) is 11.4. The summed E-state index contributed by atoms with van der Waals surface area (Å²) in [6.45, 7) is 3.88. The number of carbonyl (C=O) groups is 2. The molecule has 0 fully saturated rings. The van der Waals surface area contributed by atoms with E-state index in [1.807, 2.05) is 19.9 Å². The molecule has 4 nitrogen and oxygen atoms in total. The molecule has 0 bridgehead atoms. The Morgan fingerprint density at radius 3 is 2.73 bits per heavy atom. The highest BCUT2D eigenvalue weighted by Gasteiger charge is 2.18. The fourth-order valence-electron chi connectivity index (χ4n) is 1.51. The monoisotopic (exact) mass is 227 g/mol. The molecule has 0 aromatic carbocycles. The first kappa shape index (κ1) is 11.7. The van der Waals surface area contributed by atoms with Crippen LogP contribution in [0.5, 0.6) is 0 Å². The minimum absolute atomic E-state index is 0.0875. The Hall–Kier alpha value is -1.36. The number of hydrogen-bond acceptors (Lipinski definition) is 3. The van der Waals surface area contributed by atoms with Gasteiger partial charge in [0.25, 0.3) is 0 Å². The van der Waals surface area contributed by atoms with E-state index in [1.165, 1.54) is 0 Å². The third-order valence-electron chi connectivity index (χ3n) is 2.10. The van der Waals surface area contributed by atoms with E-state index >= 15 is 0 Å². The van der Waals surface area contributed by atoms with Crippen LogP contribution in [0.2, 0.25) is 0 Å². The average molecular weight is 227 g/mol. The molecule has 15 heavy (non-hydrogen) atoms. The Morgan fingerprint density at radius 2 is 2.33 bits per heavy atom. The van der Waals surface area contributed by atoms with Crippen LogP contribution in [0, 0.1) is 13.8 Å². The van der Waals surface area contributed by atoms with Gasteiger partial charge < -0.3 is 10.4 Å². The first-order valence-corrected chi connectivity index (χ1v) is 5.34.